The molecule has 3 rings (SSSR count). The molecule has 0 saturated carbocycles. The van der Waals surface area contributed by atoms with E-state index in [0.717, 1.165) is 0 Å². The second kappa shape index (κ2) is 6.08. The molecule has 2 radical (unpaired) electrons. The zero-order valence-corrected chi connectivity index (χ0v) is 17.0. The van der Waals surface area contributed by atoms with Crippen molar-refractivity contribution in [2.24, 2.45) is 0 Å². The fourth-order valence-corrected chi connectivity index (χ4v) is 6.62. The number of benzene rings is 2. The molecule has 1 aliphatic rings. The number of rotatable bonds is 2. The predicted octanol–water partition coefficient (Wildman–Crippen LogP) is 4.87. The Morgan fingerprint density at radius 3 is 1.17 bits per heavy atom. The van der Waals surface area contributed by atoms with Gasteiger partial charge in [-0.25, -0.2) is 0 Å². The molecule has 1 heterocycles. The van der Waals surface area contributed by atoms with Crippen molar-refractivity contribution in [3.8, 4) is 0 Å². The Bertz CT molecular complexity index is 681. The quantitative estimate of drug-likeness (QED) is 0.701. The standard InChI is InChI=1S/C20H24GeN2/c1-13-9-15(3)19(16(4)10-13)22-7-8-23(21-22)20-17(5)11-14(2)12-18(20)6/h7-12H,1-6H3. The van der Waals surface area contributed by atoms with Crippen molar-refractivity contribution in [2.45, 2.75) is 41.5 Å². The van der Waals surface area contributed by atoms with Crippen molar-refractivity contribution < 1.29 is 0 Å². The topological polar surface area (TPSA) is 6.48 Å². The Morgan fingerprint density at radius 1 is 0.565 bits per heavy atom. The molecule has 0 unspecified atom stereocenters. The van der Waals surface area contributed by atoms with Crippen molar-refractivity contribution in [2.75, 3.05) is 7.71 Å². The molecule has 3 heteroatoms. The van der Waals surface area contributed by atoms with Crippen molar-refractivity contribution >= 4 is 27.3 Å². The van der Waals surface area contributed by atoms with Crippen molar-refractivity contribution in [3.63, 3.8) is 0 Å². The molecule has 2 aromatic carbocycles. The van der Waals surface area contributed by atoms with Gasteiger partial charge in [0.15, 0.2) is 0 Å². The second-order valence-electron chi connectivity index (χ2n) is 6.63. The first-order valence-corrected chi connectivity index (χ1v) is 9.93. The van der Waals surface area contributed by atoms with Gasteiger partial charge in [-0.1, -0.05) is 0 Å². The van der Waals surface area contributed by atoms with Crippen LogP contribution < -0.4 is 7.71 Å². The van der Waals surface area contributed by atoms with E-state index in [4.69, 9.17) is 0 Å². The third-order valence-electron chi connectivity index (χ3n) is 4.33. The van der Waals surface area contributed by atoms with Gasteiger partial charge in [0.2, 0.25) is 0 Å². The van der Waals surface area contributed by atoms with Crippen LogP contribution in [0, 0.1) is 41.5 Å². The van der Waals surface area contributed by atoms with Crippen LogP contribution in [0.25, 0.3) is 0 Å². The van der Waals surface area contributed by atoms with E-state index in [1.54, 1.807) is 0 Å². The SMILES string of the molecule is Cc1cc(C)c([N]2C=C[N](c3c(C)cc(C)cc3C)[Ge]2)c(C)c1. The van der Waals surface area contributed by atoms with Crippen LogP contribution in [-0.4, -0.2) is 15.9 Å². The van der Waals surface area contributed by atoms with E-state index < -0.39 is 15.9 Å². The molecular weight excluding hydrogens is 341 g/mol. The molecule has 0 atom stereocenters. The second-order valence-corrected chi connectivity index (χ2v) is 9.07. The number of anilines is 2. The van der Waals surface area contributed by atoms with Crippen molar-refractivity contribution in [1.29, 1.82) is 0 Å². The van der Waals surface area contributed by atoms with Gasteiger partial charge in [-0.3, -0.25) is 0 Å². The Morgan fingerprint density at radius 2 is 0.870 bits per heavy atom. The Hall–Kier alpha value is -1.68. The van der Waals surface area contributed by atoms with Gasteiger partial charge >= 0.3 is 147 Å². The van der Waals surface area contributed by atoms with E-state index in [-0.39, 0.29) is 0 Å². The maximum absolute atomic E-state index is 2.48. The summed E-state index contributed by atoms with van der Waals surface area (Å²) < 4.78 is 4.95. The van der Waals surface area contributed by atoms with Crippen LogP contribution in [0.4, 0.5) is 11.4 Å². The maximum atomic E-state index is 2.48. The molecule has 0 aliphatic carbocycles. The average Bonchev–Trinajstić information content (AvgIpc) is 2.85. The van der Waals surface area contributed by atoms with Gasteiger partial charge in [-0.15, -0.1) is 0 Å². The number of hydrogen-bond acceptors (Lipinski definition) is 2. The third kappa shape index (κ3) is 3.05. The Balaban J connectivity index is 1.93. The Labute approximate surface area is 146 Å². The molecule has 0 aromatic heterocycles. The first kappa shape index (κ1) is 16.2. The van der Waals surface area contributed by atoms with Gasteiger partial charge < -0.3 is 0 Å². The molecule has 1 aliphatic heterocycles. The average molecular weight is 365 g/mol. The fraction of sp³-hybridized carbons (Fsp3) is 0.300. The van der Waals surface area contributed by atoms with Crippen LogP contribution in [-0.2, 0) is 0 Å². The van der Waals surface area contributed by atoms with E-state index in [1.807, 2.05) is 0 Å². The fourth-order valence-electron chi connectivity index (χ4n) is 3.67. The number of nitrogens with zero attached hydrogens (tertiary/aromatic N) is 2. The molecule has 2 aromatic rings. The zero-order valence-electron chi connectivity index (χ0n) is 14.9. The molecule has 2 nitrogen and oxygen atoms in total. The predicted molar refractivity (Wildman–Crippen MR) is 101 cm³/mol. The molecule has 0 N–H and O–H groups in total. The summed E-state index contributed by atoms with van der Waals surface area (Å²) in [7, 11) is 0. The zero-order chi connectivity index (χ0) is 16.7. The molecule has 23 heavy (non-hydrogen) atoms. The van der Waals surface area contributed by atoms with Gasteiger partial charge in [-0.2, -0.15) is 0 Å². The summed E-state index contributed by atoms with van der Waals surface area (Å²) >= 11 is -0.435. The third-order valence-corrected chi connectivity index (χ3v) is 6.80. The summed E-state index contributed by atoms with van der Waals surface area (Å²) in [5.41, 5.74) is 10.9. The van der Waals surface area contributed by atoms with E-state index in [1.165, 1.54) is 44.8 Å². The van der Waals surface area contributed by atoms with E-state index >= 15 is 0 Å². The van der Waals surface area contributed by atoms with Gasteiger partial charge in [0.05, 0.1) is 0 Å². The van der Waals surface area contributed by atoms with Crippen LogP contribution in [0.2, 0.25) is 0 Å². The minimum atomic E-state index is -0.435. The van der Waals surface area contributed by atoms with Gasteiger partial charge in [-0.05, 0) is 0 Å². The van der Waals surface area contributed by atoms with Crippen LogP contribution in [0.15, 0.2) is 36.7 Å². The van der Waals surface area contributed by atoms with Gasteiger partial charge in [0.1, 0.15) is 0 Å². The van der Waals surface area contributed by atoms with Gasteiger partial charge in [0, 0.05) is 0 Å². The molecule has 0 amide bonds. The molecular formula is C20H24GeN2. The monoisotopic (exact) mass is 366 g/mol. The van der Waals surface area contributed by atoms with E-state index in [0.29, 0.717) is 0 Å². The molecule has 0 bridgehead atoms. The van der Waals surface area contributed by atoms with Crippen LogP contribution in [0.5, 0.6) is 0 Å². The Kier molecular flexibility index (Phi) is 4.28. The minimum absolute atomic E-state index is 0.435. The number of aryl methyl sites for hydroxylation is 6. The van der Waals surface area contributed by atoms with Gasteiger partial charge in [0.25, 0.3) is 0 Å². The van der Waals surface area contributed by atoms with E-state index in [9.17, 15) is 0 Å². The van der Waals surface area contributed by atoms with Crippen molar-refractivity contribution in [1.82, 2.24) is 0 Å². The first-order valence-electron chi connectivity index (χ1n) is 8.05. The van der Waals surface area contributed by atoms with Crippen LogP contribution in [0.3, 0.4) is 0 Å². The normalized spacial score (nSPS) is 14.0. The van der Waals surface area contributed by atoms with E-state index in [2.05, 4.69) is 85.9 Å². The number of hydrogen-bond donors (Lipinski definition) is 0. The summed E-state index contributed by atoms with van der Waals surface area (Å²) in [5.74, 6) is 0. The van der Waals surface area contributed by atoms with Crippen LogP contribution in [0.1, 0.15) is 33.4 Å². The summed E-state index contributed by atoms with van der Waals surface area (Å²) in [6, 6.07) is 9.14. The summed E-state index contributed by atoms with van der Waals surface area (Å²) in [4.78, 5) is 0. The summed E-state index contributed by atoms with van der Waals surface area (Å²) in [5, 5.41) is 0. The first-order chi connectivity index (χ1) is 10.9. The molecule has 0 saturated heterocycles. The summed E-state index contributed by atoms with van der Waals surface area (Å²) in [6.45, 7) is 13.2. The molecule has 0 spiro atoms. The molecule has 0 fully saturated rings. The van der Waals surface area contributed by atoms with Crippen LogP contribution >= 0.6 is 0 Å². The summed E-state index contributed by atoms with van der Waals surface area (Å²) in [6.07, 6.45) is 4.51. The van der Waals surface area contributed by atoms with Crippen molar-refractivity contribution in [3.05, 3.63) is 70.0 Å². The molecule has 118 valence electrons.